The Morgan fingerprint density at radius 2 is 1.88 bits per heavy atom. The van der Waals surface area contributed by atoms with Crippen molar-refractivity contribution in [2.24, 2.45) is 0 Å². The number of carbonyl (C=O) groups is 1. The number of aromatic amines is 1. The minimum Gasteiger partial charge on any atom is -0.342 e. The molecule has 1 N–H and O–H groups in total. The normalized spacial score (nSPS) is 11.0. The van der Waals surface area contributed by atoms with E-state index in [1.807, 2.05) is 55.9 Å². The van der Waals surface area contributed by atoms with E-state index in [9.17, 15) is 9.18 Å². The number of carbonyl (C=O) groups excluding carboxylic acids is 1. The summed E-state index contributed by atoms with van der Waals surface area (Å²) in [7, 11) is 1.81. The highest BCUT2D eigenvalue weighted by Crippen LogP contribution is 2.20. The van der Waals surface area contributed by atoms with E-state index < -0.39 is 0 Å². The fourth-order valence-electron chi connectivity index (χ4n) is 3.74. The zero-order valence-corrected chi connectivity index (χ0v) is 18.5. The molecule has 6 nitrogen and oxygen atoms in total. The summed E-state index contributed by atoms with van der Waals surface area (Å²) in [5.41, 5.74) is 6.14. The molecule has 4 rings (SSSR count). The third kappa shape index (κ3) is 4.46. The second-order valence-electron chi connectivity index (χ2n) is 7.96. The number of H-pyrrole nitrogens is 1. The van der Waals surface area contributed by atoms with Gasteiger partial charge in [-0.05, 0) is 68.7 Å². The summed E-state index contributed by atoms with van der Waals surface area (Å²) >= 11 is 0. The number of aryl methyl sites for hydroxylation is 2. The van der Waals surface area contributed by atoms with Crippen LogP contribution < -0.4 is 0 Å². The van der Waals surface area contributed by atoms with Crippen molar-refractivity contribution < 1.29 is 9.18 Å². The first-order valence-corrected chi connectivity index (χ1v) is 10.6. The number of hydrogen-bond donors (Lipinski definition) is 1. The number of hydrogen-bond acceptors (Lipinski definition) is 3. The summed E-state index contributed by atoms with van der Waals surface area (Å²) in [4.78, 5) is 14.7. The predicted molar refractivity (Wildman–Crippen MR) is 122 cm³/mol. The number of para-hydroxylation sites is 1. The number of aromatic nitrogens is 4. The number of nitrogens with one attached hydrogen (secondary N) is 1. The van der Waals surface area contributed by atoms with E-state index in [-0.39, 0.29) is 11.7 Å². The highest BCUT2D eigenvalue weighted by atomic mass is 19.1. The summed E-state index contributed by atoms with van der Waals surface area (Å²) in [6, 6.07) is 16.2. The van der Waals surface area contributed by atoms with Crippen LogP contribution in [0.25, 0.3) is 16.9 Å². The van der Waals surface area contributed by atoms with Crippen molar-refractivity contribution in [2.75, 3.05) is 13.6 Å². The van der Waals surface area contributed by atoms with Crippen LogP contribution >= 0.6 is 0 Å². The lowest BCUT2D eigenvalue weighted by molar-refractivity contribution is 0.0792. The molecule has 0 saturated carbocycles. The van der Waals surface area contributed by atoms with Crippen molar-refractivity contribution in [1.29, 1.82) is 0 Å². The van der Waals surface area contributed by atoms with Crippen molar-refractivity contribution in [1.82, 2.24) is 24.9 Å². The second-order valence-corrected chi connectivity index (χ2v) is 7.96. The van der Waals surface area contributed by atoms with Gasteiger partial charge in [0.15, 0.2) is 0 Å². The fraction of sp³-hybridized carbons (Fsp3) is 0.240. The molecule has 0 saturated heterocycles. The van der Waals surface area contributed by atoms with E-state index >= 15 is 0 Å². The second kappa shape index (κ2) is 9.18. The molecule has 4 aromatic rings. The molecule has 2 aromatic carbocycles. The highest BCUT2D eigenvalue weighted by Gasteiger charge is 2.19. The Morgan fingerprint density at radius 1 is 1.12 bits per heavy atom. The van der Waals surface area contributed by atoms with Gasteiger partial charge in [0.2, 0.25) is 0 Å². The molecule has 2 aromatic heterocycles. The first-order valence-electron chi connectivity index (χ1n) is 10.6. The quantitative estimate of drug-likeness (QED) is 0.460. The Morgan fingerprint density at radius 3 is 2.62 bits per heavy atom. The van der Waals surface area contributed by atoms with Crippen LogP contribution in [0.4, 0.5) is 4.39 Å². The molecule has 1 amide bonds. The minimum atomic E-state index is -0.267. The van der Waals surface area contributed by atoms with E-state index in [0.29, 0.717) is 12.1 Å². The van der Waals surface area contributed by atoms with Crippen LogP contribution in [0, 0.1) is 19.7 Å². The third-order valence-electron chi connectivity index (χ3n) is 5.64. The average molecular weight is 432 g/mol. The monoisotopic (exact) mass is 431 g/mol. The maximum atomic E-state index is 13.1. The molecule has 164 valence electrons. The van der Waals surface area contributed by atoms with Gasteiger partial charge in [-0.3, -0.25) is 9.89 Å². The Bertz CT molecular complexity index is 1230. The summed E-state index contributed by atoms with van der Waals surface area (Å²) in [6.07, 6.45) is 3.19. The van der Waals surface area contributed by atoms with Crippen LogP contribution in [0.2, 0.25) is 0 Å². The molecule has 0 fully saturated rings. The summed E-state index contributed by atoms with van der Waals surface area (Å²) in [5, 5.41) is 11.8. The van der Waals surface area contributed by atoms with Gasteiger partial charge in [0.25, 0.3) is 5.91 Å². The van der Waals surface area contributed by atoms with Crippen LogP contribution in [-0.2, 0) is 6.42 Å². The Labute approximate surface area is 186 Å². The van der Waals surface area contributed by atoms with Crippen LogP contribution in [0.5, 0.6) is 0 Å². The van der Waals surface area contributed by atoms with Crippen LogP contribution in [0.3, 0.4) is 0 Å². The predicted octanol–water partition coefficient (Wildman–Crippen LogP) is 4.72. The third-order valence-corrected chi connectivity index (χ3v) is 5.64. The molecule has 32 heavy (non-hydrogen) atoms. The molecular formula is C25H26FN5O. The maximum Gasteiger partial charge on any atom is 0.257 e. The minimum absolute atomic E-state index is 0.0426. The molecule has 0 atom stereocenters. The van der Waals surface area contributed by atoms with Gasteiger partial charge < -0.3 is 4.90 Å². The first kappa shape index (κ1) is 21.5. The molecule has 0 aliphatic carbocycles. The van der Waals surface area contributed by atoms with Gasteiger partial charge in [-0.15, -0.1) is 0 Å². The zero-order valence-electron chi connectivity index (χ0n) is 18.5. The molecule has 7 heteroatoms. The maximum absolute atomic E-state index is 13.1. The largest absolute Gasteiger partial charge is 0.342 e. The average Bonchev–Trinajstić information content (AvgIpc) is 3.41. The Kier molecular flexibility index (Phi) is 6.16. The van der Waals surface area contributed by atoms with E-state index in [0.717, 1.165) is 46.7 Å². The number of nitrogens with zero attached hydrogens (tertiary/aromatic N) is 4. The number of halogens is 1. The van der Waals surface area contributed by atoms with Gasteiger partial charge in [-0.25, -0.2) is 9.07 Å². The van der Waals surface area contributed by atoms with Gasteiger partial charge in [-0.2, -0.15) is 10.2 Å². The number of rotatable bonds is 7. The molecule has 0 aliphatic rings. The molecular weight excluding hydrogens is 405 g/mol. The standard InChI is InChI=1S/C25H26FN5O/c1-17-7-4-5-9-24(17)31-18(2)22(16-27-31)25(32)30(3)14-6-8-21-15-23(29-28-21)19-10-12-20(26)13-11-19/h4-5,7,9-13,15-16H,6,8,14H2,1-3H3,(H,28,29). The first-order chi connectivity index (χ1) is 15.4. The number of amides is 1. The van der Waals surface area contributed by atoms with Gasteiger partial charge in [0.05, 0.1) is 28.8 Å². The van der Waals surface area contributed by atoms with Crippen molar-refractivity contribution in [3.63, 3.8) is 0 Å². The smallest absolute Gasteiger partial charge is 0.257 e. The Hall–Kier alpha value is -3.74. The molecule has 0 bridgehead atoms. The van der Waals surface area contributed by atoms with Crippen molar-refractivity contribution in [3.8, 4) is 16.9 Å². The lowest BCUT2D eigenvalue weighted by atomic mass is 10.1. The van der Waals surface area contributed by atoms with E-state index in [2.05, 4.69) is 15.3 Å². The van der Waals surface area contributed by atoms with Gasteiger partial charge in [0.1, 0.15) is 5.82 Å². The lowest BCUT2D eigenvalue weighted by Crippen LogP contribution is -2.28. The molecule has 0 unspecified atom stereocenters. The molecule has 0 aliphatic heterocycles. The summed E-state index contributed by atoms with van der Waals surface area (Å²) in [5.74, 6) is -0.309. The van der Waals surface area contributed by atoms with Crippen LogP contribution in [0.1, 0.15) is 33.7 Å². The fourth-order valence-corrected chi connectivity index (χ4v) is 3.74. The topological polar surface area (TPSA) is 66.8 Å². The van der Waals surface area contributed by atoms with E-state index in [1.54, 1.807) is 23.2 Å². The van der Waals surface area contributed by atoms with E-state index in [4.69, 9.17) is 0 Å². The lowest BCUT2D eigenvalue weighted by Gasteiger charge is -2.17. The van der Waals surface area contributed by atoms with Gasteiger partial charge in [-0.1, -0.05) is 18.2 Å². The molecule has 0 radical (unpaired) electrons. The van der Waals surface area contributed by atoms with Crippen molar-refractivity contribution in [2.45, 2.75) is 26.7 Å². The van der Waals surface area contributed by atoms with Crippen molar-refractivity contribution >= 4 is 5.91 Å². The van der Waals surface area contributed by atoms with E-state index in [1.165, 1.54) is 12.1 Å². The van der Waals surface area contributed by atoms with Crippen LogP contribution in [0.15, 0.2) is 60.8 Å². The van der Waals surface area contributed by atoms with Crippen LogP contribution in [-0.4, -0.2) is 44.4 Å². The molecule has 0 spiro atoms. The highest BCUT2D eigenvalue weighted by molar-refractivity contribution is 5.95. The summed E-state index contributed by atoms with van der Waals surface area (Å²) < 4.78 is 14.9. The van der Waals surface area contributed by atoms with Gasteiger partial charge >= 0.3 is 0 Å². The van der Waals surface area contributed by atoms with Gasteiger partial charge in [0, 0.05) is 24.8 Å². The zero-order chi connectivity index (χ0) is 22.7. The Balaban J connectivity index is 1.36. The summed E-state index contributed by atoms with van der Waals surface area (Å²) in [6.45, 7) is 4.56. The van der Waals surface area contributed by atoms with Crippen molar-refractivity contribution in [3.05, 3.63) is 89.1 Å². The SMILES string of the molecule is Cc1ccccc1-n1ncc(C(=O)N(C)CCCc2cc(-c3ccc(F)cc3)n[nH]2)c1C. The number of benzene rings is 2. The molecule has 2 heterocycles.